The van der Waals surface area contributed by atoms with Crippen LogP contribution in [0, 0.1) is 5.82 Å². The van der Waals surface area contributed by atoms with Crippen molar-refractivity contribution in [1.29, 1.82) is 0 Å². The summed E-state index contributed by atoms with van der Waals surface area (Å²) >= 11 is 0. The monoisotopic (exact) mass is 1080 g/mol. The minimum absolute atomic E-state index is 0.00525. The van der Waals surface area contributed by atoms with Gasteiger partial charge in [0.05, 0.1) is 42.1 Å². The Morgan fingerprint density at radius 3 is 1.97 bits per heavy atom. The highest BCUT2D eigenvalue weighted by Crippen LogP contribution is 2.39. The molecule has 4 aliphatic heterocycles. The first-order valence-electron chi connectivity index (χ1n) is 25.5. The number of nitrogens with two attached hydrogens (primary N) is 6. The number of carboxylic acid groups (broad SMARTS) is 1. The lowest BCUT2D eigenvalue weighted by molar-refractivity contribution is -0.306. The fraction of sp³-hybridized carbons (Fsp3) is 0.717. The summed E-state index contributed by atoms with van der Waals surface area (Å²) in [6.07, 6.45) is -17.2. The van der Waals surface area contributed by atoms with Crippen molar-refractivity contribution >= 4 is 28.5 Å². The number of ether oxygens (including phenoxy) is 6. The number of anilines is 1. The van der Waals surface area contributed by atoms with Crippen molar-refractivity contribution in [2.75, 3.05) is 50.7 Å². The Balaban J connectivity index is 0.821. The van der Waals surface area contributed by atoms with Crippen LogP contribution in [0.3, 0.4) is 0 Å². The number of halogens is 1. The average Bonchev–Trinajstić information content (AvgIpc) is 4.09. The van der Waals surface area contributed by atoms with Gasteiger partial charge in [0, 0.05) is 82.1 Å². The first-order chi connectivity index (χ1) is 36.3. The minimum Gasteiger partial charge on any atom is -0.477 e. The van der Waals surface area contributed by atoms with Crippen molar-refractivity contribution in [3.05, 3.63) is 51.8 Å². The summed E-state index contributed by atoms with van der Waals surface area (Å²) in [5.74, 6) is -2.79. The molecular formula is C46H70FN13O16. The second-order valence-electron chi connectivity index (χ2n) is 20.5. The van der Waals surface area contributed by atoms with Crippen LogP contribution in [0.2, 0.25) is 0 Å². The number of aliphatic hydroxyl groups is 6. The molecular weight excluding hydrogens is 1010 g/mol. The Morgan fingerprint density at radius 1 is 0.750 bits per heavy atom. The number of aryl methyl sites for hydroxylation is 1. The molecule has 20 N–H and O–H groups in total. The molecule has 1 aromatic carbocycles. The third-order valence-electron chi connectivity index (χ3n) is 15.2. The molecule has 4 saturated heterocycles. The Bertz CT molecular complexity index is 2570. The molecule has 9 rings (SSSR count). The van der Waals surface area contributed by atoms with Gasteiger partial charge in [-0.15, -0.1) is 5.10 Å². The summed E-state index contributed by atoms with van der Waals surface area (Å²) in [5, 5.41) is 86.2. The molecule has 2 aromatic heterocycles. The molecule has 2 saturated carbocycles. The SMILES string of the molecule is NC[C@@H]1O[C@@H](O[C@H]2[C@@H](O)[C@H](O[C@@H]3[C@@H](O)[C@H](N)C[C@H](N)[C@H]3O[C@H]3O[C@H](CN)[C@@H](O)[C@H](O)[C@H]3N)O[C@@H]2C(=O)NCc2cn(CCCN3CCN(c4cc5c(cc4F)c(=O)c(C(=O)O)cn5C4CC4)CC3)nn2)[C@H](N)[C@@H](O)[C@@H]1O. The molecule has 2 aliphatic carbocycles. The lowest BCUT2D eigenvalue weighted by atomic mass is 9.84. The molecule has 19 atom stereocenters. The van der Waals surface area contributed by atoms with Gasteiger partial charge in [-0.25, -0.2) is 9.18 Å². The third kappa shape index (κ3) is 11.5. The van der Waals surface area contributed by atoms with Crippen LogP contribution < -0.4 is 50.0 Å². The first kappa shape index (κ1) is 56.2. The fourth-order valence-corrected chi connectivity index (χ4v) is 10.6. The molecule has 0 spiro atoms. The van der Waals surface area contributed by atoms with E-state index in [2.05, 4.69) is 20.5 Å². The van der Waals surface area contributed by atoms with Crippen LogP contribution in [0.25, 0.3) is 10.9 Å². The van der Waals surface area contributed by atoms with Gasteiger partial charge in [0.2, 0.25) is 5.43 Å². The van der Waals surface area contributed by atoms with Crippen LogP contribution in [0.15, 0.2) is 29.3 Å². The van der Waals surface area contributed by atoms with Crippen molar-refractivity contribution in [3.8, 4) is 0 Å². The summed E-state index contributed by atoms with van der Waals surface area (Å²) < 4.78 is 54.9. The maximum atomic E-state index is 15.6. The van der Waals surface area contributed by atoms with Gasteiger partial charge in [-0.3, -0.25) is 19.2 Å². The summed E-state index contributed by atoms with van der Waals surface area (Å²) in [7, 11) is 0. The highest BCUT2D eigenvalue weighted by atomic mass is 19.1. The predicted molar refractivity (Wildman–Crippen MR) is 260 cm³/mol. The number of hydrogen-bond donors (Lipinski definition) is 14. The summed E-state index contributed by atoms with van der Waals surface area (Å²) in [6.45, 7) is 2.74. The molecule has 0 radical (unpaired) electrons. The Kier molecular flexibility index (Phi) is 17.3. The molecule has 76 heavy (non-hydrogen) atoms. The zero-order valence-corrected chi connectivity index (χ0v) is 41.4. The first-order valence-corrected chi connectivity index (χ1v) is 25.5. The molecule has 30 heteroatoms. The highest BCUT2D eigenvalue weighted by molar-refractivity contribution is 5.93. The molecule has 422 valence electrons. The van der Waals surface area contributed by atoms with Crippen LogP contribution in [-0.2, 0) is 46.3 Å². The van der Waals surface area contributed by atoms with Crippen molar-refractivity contribution in [2.24, 2.45) is 34.4 Å². The van der Waals surface area contributed by atoms with Crippen LogP contribution >= 0.6 is 0 Å². The molecule has 1 amide bonds. The van der Waals surface area contributed by atoms with Gasteiger partial charge in [-0.2, -0.15) is 0 Å². The number of carboxylic acids is 1. The zero-order chi connectivity index (χ0) is 54.4. The normalized spacial score (nSPS) is 37.4. The number of pyridine rings is 1. The number of rotatable bonds is 18. The number of nitrogens with zero attached hydrogens (tertiary/aromatic N) is 6. The third-order valence-corrected chi connectivity index (χ3v) is 15.2. The second-order valence-corrected chi connectivity index (χ2v) is 20.5. The van der Waals surface area contributed by atoms with Gasteiger partial charge >= 0.3 is 5.97 Å². The molecule has 3 aromatic rings. The molecule has 6 heterocycles. The van der Waals surface area contributed by atoms with Gasteiger partial charge < -0.3 is 113 Å². The van der Waals surface area contributed by atoms with E-state index >= 15 is 4.39 Å². The summed E-state index contributed by atoms with van der Waals surface area (Å²) in [6, 6.07) is -1.83. The second kappa shape index (κ2) is 23.4. The quantitative estimate of drug-likeness (QED) is 0.0563. The molecule has 0 bridgehead atoms. The minimum atomic E-state index is -1.85. The van der Waals surface area contributed by atoms with Gasteiger partial charge in [0.25, 0.3) is 5.91 Å². The number of fused-ring (bicyclic) bond motifs is 1. The van der Waals surface area contributed by atoms with E-state index in [9.17, 15) is 50.1 Å². The topological polar surface area (TPSA) is 458 Å². The van der Waals surface area contributed by atoms with Crippen molar-refractivity contribution in [2.45, 2.75) is 161 Å². The van der Waals surface area contributed by atoms with Crippen LogP contribution in [0.4, 0.5) is 10.1 Å². The van der Waals surface area contributed by atoms with E-state index in [-0.39, 0.29) is 43.0 Å². The van der Waals surface area contributed by atoms with Gasteiger partial charge in [-0.05, 0) is 37.8 Å². The summed E-state index contributed by atoms with van der Waals surface area (Å²) in [5.41, 5.74) is 36.7. The smallest absolute Gasteiger partial charge is 0.341 e. The highest BCUT2D eigenvalue weighted by Gasteiger charge is 2.56. The lowest BCUT2D eigenvalue weighted by Crippen LogP contribution is -2.68. The van der Waals surface area contributed by atoms with Gasteiger partial charge in [0.15, 0.2) is 25.0 Å². The van der Waals surface area contributed by atoms with Gasteiger partial charge in [-0.1, -0.05) is 5.21 Å². The van der Waals surface area contributed by atoms with Crippen molar-refractivity contribution in [3.63, 3.8) is 0 Å². The van der Waals surface area contributed by atoms with Crippen molar-refractivity contribution < 1.29 is 78.1 Å². The predicted octanol–water partition coefficient (Wildman–Crippen LogP) is -7.28. The zero-order valence-electron chi connectivity index (χ0n) is 41.4. The molecule has 29 nitrogen and oxygen atoms in total. The van der Waals surface area contributed by atoms with Crippen LogP contribution in [-0.4, -0.2) is 234 Å². The standard InChI is InChI=1S/C46H70FN13O16/c47-22-10-20-25(60(19-2-3-19)17-21(31(20)61)43(69)70)12-26(22)58-8-6-57(7-9-58)4-1-5-59-16-18(55-56-59)15-54-42(68)41-40(74-45-30(53)36(66)34(64)28(14-49)72-45)37(67)46(76-41)75-39-32(62)23(50)11-24(51)38(39)73-44-29(52)35(65)33(63)27(13-48)71-44/h10,12,16-17,19,23-24,27-30,32-41,44-46,62-67H,1-9,11,13-15,48-53H2,(H,54,68)(H,69,70)/t23-,24+,27-,28+,29-,30-,32+,33-,34-,35-,36-,37-,38-,39-,40+,41+,44-,45+,46-/m1/s1. The van der Waals surface area contributed by atoms with E-state index < -0.39 is 139 Å². The van der Waals surface area contributed by atoms with E-state index in [0.29, 0.717) is 62.6 Å². The maximum Gasteiger partial charge on any atom is 0.341 e. The number of aliphatic hydroxyl groups excluding tert-OH is 6. The molecule has 6 aliphatic rings. The van der Waals surface area contributed by atoms with E-state index in [4.69, 9.17) is 62.8 Å². The maximum absolute atomic E-state index is 15.6. The Labute approximate surface area is 433 Å². The number of carbonyl (C=O) groups is 2. The fourth-order valence-electron chi connectivity index (χ4n) is 10.6. The number of amides is 1. The number of aromatic carboxylic acids is 1. The lowest BCUT2D eigenvalue weighted by Gasteiger charge is -2.47. The van der Waals surface area contributed by atoms with E-state index in [1.165, 1.54) is 6.20 Å². The summed E-state index contributed by atoms with van der Waals surface area (Å²) in [4.78, 5) is 43.0. The van der Waals surface area contributed by atoms with Crippen molar-refractivity contribution in [1.82, 2.24) is 29.8 Å². The Morgan fingerprint density at radius 2 is 1.37 bits per heavy atom. The van der Waals surface area contributed by atoms with Crippen LogP contribution in [0.1, 0.15) is 47.8 Å². The Hall–Kier alpha value is -4.52. The van der Waals surface area contributed by atoms with E-state index in [0.717, 1.165) is 18.9 Å². The largest absolute Gasteiger partial charge is 0.477 e. The number of nitrogens with one attached hydrogen (secondary N) is 1. The van der Waals surface area contributed by atoms with Gasteiger partial charge in [0.1, 0.15) is 78.1 Å². The molecule has 6 fully saturated rings. The number of piperazine rings is 1. The number of carbonyl (C=O) groups excluding carboxylic acids is 1. The number of aromatic nitrogens is 4. The van der Waals surface area contributed by atoms with E-state index in [1.54, 1.807) is 21.5 Å². The number of benzene rings is 1. The molecule has 0 unspecified atom stereocenters. The average molecular weight is 1080 g/mol. The van der Waals surface area contributed by atoms with E-state index in [1.807, 2.05) is 4.90 Å². The van der Waals surface area contributed by atoms with Crippen LogP contribution in [0.5, 0.6) is 0 Å². The number of hydrogen-bond acceptors (Lipinski definition) is 25.